The molecule has 0 aromatic heterocycles. The predicted octanol–water partition coefficient (Wildman–Crippen LogP) is 1.99. The molecule has 0 aliphatic rings. The highest BCUT2D eigenvalue weighted by molar-refractivity contribution is 7.89. The molecule has 1 aromatic carbocycles. The maximum Gasteiger partial charge on any atom is 0.243 e. The average molecular weight is 283 g/mol. The van der Waals surface area contributed by atoms with Gasteiger partial charge in [-0.25, -0.2) is 8.42 Å². The van der Waals surface area contributed by atoms with Gasteiger partial charge in [-0.3, -0.25) is 0 Å². The van der Waals surface area contributed by atoms with E-state index in [9.17, 15) is 13.5 Å². The zero-order valence-electron chi connectivity index (χ0n) is 11.9. The maximum absolute atomic E-state index is 12.5. The monoisotopic (exact) mass is 283 g/mol. The minimum atomic E-state index is -3.56. The molecular weight excluding hydrogens is 262 g/mol. The number of aliphatic hydroxyl groups is 1. The van der Waals surface area contributed by atoms with Gasteiger partial charge in [-0.05, 0) is 43.5 Å². The SMILES string of the molecule is C=C(C)CN(C)S(=O)(=O)c1cc(CO)cc(C)c1C. The van der Waals surface area contributed by atoms with Crippen molar-refractivity contribution >= 4 is 10.0 Å². The van der Waals surface area contributed by atoms with Crippen LogP contribution in [0.5, 0.6) is 0 Å². The minimum absolute atomic E-state index is 0.173. The molecular formula is C14H21NO3S. The van der Waals surface area contributed by atoms with Crippen LogP contribution >= 0.6 is 0 Å². The molecule has 4 nitrogen and oxygen atoms in total. The van der Waals surface area contributed by atoms with Crippen LogP contribution in [0.15, 0.2) is 29.2 Å². The quantitative estimate of drug-likeness (QED) is 0.841. The van der Waals surface area contributed by atoms with Crippen molar-refractivity contribution in [1.82, 2.24) is 4.31 Å². The van der Waals surface area contributed by atoms with Crippen LogP contribution < -0.4 is 0 Å². The summed E-state index contributed by atoms with van der Waals surface area (Å²) in [5, 5.41) is 9.20. The van der Waals surface area contributed by atoms with E-state index in [0.29, 0.717) is 11.1 Å². The van der Waals surface area contributed by atoms with Crippen molar-refractivity contribution in [3.8, 4) is 0 Å². The fourth-order valence-electron chi connectivity index (χ4n) is 1.89. The Kier molecular flexibility index (Phi) is 4.90. The van der Waals surface area contributed by atoms with Gasteiger partial charge >= 0.3 is 0 Å². The Morgan fingerprint density at radius 3 is 2.42 bits per heavy atom. The first-order valence-electron chi connectivity index (χ1n) is 6.02. The third-order valence-corrected chi connectivity index (χ3v) is 4.97. The molecule has 0 atom stereocenters. The number of rotatable bonds is 5. The molecule has 0 heterocycles. The minimum Gasteiger partial charge on any atom is -0.392 e. The van der Waals surface area contributed by atoms with Crippen molar-refractivity contribution in [2.45, 2.75) is 32.3 Å². The normalized spacial score (nSPS) is 11.9. The molecule has 1 aromatic rings. The van der Waals surface area contributed by atoms with E-state index in [1.54, 1.807) is 19.9 Å². The van der Waals surface area contributed by atoms with Crippen molar-refractivity contribution in [3.05, 3.63) is 41.0 Å². The summed E-state index contributed by atoms with van der Waals surface area (Å²) >= 11 is 0. The summed E-state index contributed by atoms with van der Waals surface area (Å²) in [6, 6.07) is 3.33. The lowest BCUT2D eigenvalue weighted by Gasteiger charge is -2.20. The lowest BCUT2D eigenvalue weighted by Crippen LogP contribution is -2.29. The van der Waals surface area contributed by atoms with Crippen molar-refractivity contribution in [3.63, 3.8) is 0 Å². The van der Waals surface area contributed by atoms with Crippen LogP contribution in [0.1, 0.15) is 23.6 Å². The van der Waals surface area contributed by atoms with Gasteiger partial charge in [-0.1, -0.05) is 18.2 Å². The second-order valence-corrected chi connectivity index (χ2v) is 6.93. The average Bonchev–Trinajstić information content (AvgIpc) is 2.31. The zero-order chi connectivity index (χ0) is 14.8. The van der Waals surface area contributed by atoms with Crippen molar-refractivity contribution in [1.29, 1.82) is 0 Å². The number of benzene rings is 1. The molecule has 0 amide bonds. The second-order valence-electron chi connectivity index (χ2n) is 4.91. The fraction of sp³-hybridized carbons (Fsp3) is 0.429. The molecule has 1 rings (SSSR count). The van der Waals surface area contributed by atoms with Crippen LogP contribution in [-0.4, -0.2) is 31.4 Å². The van der Waals surface area contributed by atoms with Crippen molar-refractivity contribution in [2.75, 3.05) is 13.6 Å². The smallest absolute Gasteiger partial charge is 0.243 e. The van der Waals surface area contributed by atoms with Gasteiger partial charge in [0.1, 0.15) is 0 Å². The zero-order valence-corrected chi connectivity index (χ0v) is 12.7. The number of hydrogen-bond donors (Lipinski definition) is 1. The van der Waals surface area contributed by atoms with Gasteiger partial charge in [-0.2, -0.15) is 4.31 Å². The lowest BCUT2D eigenvalue weighted by atomic mass is 10.1. The summed E-state index contributed by atoms with van der Waals surface area (Å²) in [5.74, 6) is 0. The number of nitrogens with zero attached hydrogens (tertiary/aromatic N) is 1. The summed E-state index contributed by atoms with van der Waals surface area (Å²) in [4.78, 5) is 0.250. The summed E-state index contributed by atoms with van der Waals surface area (Å²) in [6.07, 6.45) is 0. The second kappa shape index (κ2) is 5.86. The number of likely N-dealkylation sites (N-methyl/N-ethyl adjacent to an activating group) is 1. The standard InChI is InChI=1S/C14H21NO3S/c1-10(2)8-15(5)19(17,18)14-7-13(9-16)6-11(3)12(14)4/h6-7,16H,1,8-9H2,2-5H3. The molecule has 0 spiro atoms. The predicted molar refractivity (Wildman–Crippen MR) is 76.5 cm³/mol. The van der Waals surface area contributed by atoms with Crippen LogP contribution in [0.25, 0.3) is 0 Å². The van der Waals surface area contributed by atoms with E-state index in [4.69, 9.17) is 0 Å². The third kappa shape index (κ3) is 3.43. The molecule has 19 heavy (non-hydrogen) atoms. The third-order valence-electron chi connectivity index (χ3n) is 3.04. The van der Waals surface area contributed by atoms with Gasteiger partial charge in [0, 0.05) is 13.6 Å². The molecule has 0 saturated carbocycles. The van der Waals surface area contributed by atoms with E-state index < -0.39 is 10.0 Å². The Hall–Kier alpha value is -1.17. The van der Waals surface area contributed by atoms with Crippen molar-refractivity contribution in [2.24, 2.45) is 0 Å². The van der Waals surface area contributed by atoms with Gasteiger partial charge in [0.05, 0.1) is 11.5 Å². The van der Waals surface area contributed by atoms with Crippen molar-refractivity contribution < 1.29 is 13.5 Å². The maximum atomic E-state index is 12.5. The first-order chi connectivity index (χ1) is 8.70. The van der Waals surface area contributed by atoms with Gasteiger partial charge in [0.25, 0.3) is 0 Å². The van der Waals surface area contributed by atoms with E-state index in [1.165, 1.54) is 17.4 Å². The number of hydrogen-bond acceptors (Lipinski definition) is 3. The molecule has 0 unspecified atom stereocenters. The van der Waals surface area contributed by atoms with E-state index in [1.807, 2.05) is 6.92 Å². The summed E-state index contributed by atoms with van der Waals surface area (Å²) in [7, 11) is -2.03. The summed E-state index contributed by atoms with van der Waals surface area (Å²) in [5.41, 5.74) is 2.95. The molecule has 0 aliphatic carbocycles. The molecule has 0 aliphatic heterocycles. The van der Waals surface area contributed by atoms with Crippen LogP contribution in [0.3, 0.4) is 0 Å². The van der Waals surface area contributed by atoms with E-state index >= 15 is 0 Å². The Bertz CT molecular complexity index is 591. The molecule has 5 heteroatoms. The molecule has 106 valence electrons. The molecule has 0 radical (unpaired) electrons. The highest BCUT2D eigenvalue weighted by Crippen LogP contribution is 2.24. The Morgan fingerprint density at radius 1 is 1.37 bits per heavy atom. The number of sulfonamides is 1. The van der Waals surface area contributed by atoms with Gasteiger partial charge in [0.2, 0.25) is 10.0 Å². The van der Waals surface area contributed by atoms with Crippen LogP contribution in [0, 0.1) is 13.8 Å². The Morgan fingerprint density at radius 2 is 1.95 bits per heavy atom. The largest absolute Gasteiger partial charge is 0.392 e. The lowest BCUT2D eigenvalue weighted by molar-refractivity contribution is 0.281. The number of aliphatic hydroxyl groups excluding tert-OH is 1. The summed E-state index contributed by atoms with van der Waals surface area (Å²) in [6.45, 7) is 9.24. The molecule has 0 fully saturated rings. The van der Waals surface area contributed by atoms with Gasteiger partial charge in [0.15, 0.2) is 0 Å². The van der Waals surface area contributed by atoms with Crippen LogP contribution in [0.4, 0.5) is 0 Å². The van der Waals surface area contributed by atoms with Gasteiger partial charge < -0.3 is 5.11 Å². The van der Waals surface area contributed by atoms with Crippen LogP contribution in [0.2, 0.25) is 0 Å². The van der Waals surface area contributed by atoms with Gasteiger partial charge in [-0.15, -0.1) is 0 Å². The molecule has 1 N–H and O–H groups in total. The molecule has 0 bridgehead atoms. The first-order valence-corrected chi connectivity index (χ1v) is 7.46. The summed E-state index contributed by atoms with van der Waals surface area (Å²) < 4.78 is 26.3. The first kappa shape index (κ1) is 15.9. The number of aryl methyl sites for hydroxylation is 1. The van der Waals surface area contributed by atoms with Crippen LogP contribution in [-0.2, 0) is 16.6 Å². The van der Waals surface area contributed by atoms with E-state index in [0.717, 1.165) is 11.1 Å². The Labute approximate surface area is 115 Å². The van der Waals surface area contributed by atoms with E-state index in [2.05, 4.69) is 6.58 Å². The highest BCUT2D eigenvalue weighted by Gasteiger charge is 2.23. The van der Waals surface area contributed by atoms with E-state index in [-0.39, 0.29) is 18.0 Å². The molecule has 0 saturated heterocycles. The fourth-order valence-corrected chi connectivity index (χ4v) is 3.47. The topological polar surface area (TPSA) is 57.6 Å². The highest BCUT2D eigenvalue weighted by atomic mass is 32.2. The Balaban J connectivity index is 3.35.